The van der Waals surface area contributed by atoms with Crippen LogP contribution in [0.4, 0.5) is 4.79 Å². The molecule has 0 saturated carbocycles. The van der Waals surface area contributed by atoms with Gasteiger partial charge in [-0.15, -0.1) is 0 Å². The lowest BCUT2D eigenvalue weighted by Gasteiger charge is -2.28. The van der Waals surface area contributed by atoms with Gasteiger partial charge in [0.05, 0.1) is 35.1 Å². The van der Waals surface area contributed by atoms with Crippen molar-refractivity contribution in [2.45, 2.75) is 33.4 Å². The molecule has 1 aliphatic heterocycles. The van der Waals surface area contributed by atoms with Gasteiger partial charge in [0.15, 0.2) is 18.1 Å². The zero-order valence-electron chi connectivity index (χ0n) is 24.7. The fraction of sp³-hybridized carbons (Fsp3) is 0.250. The van der Waals surface area contributed by atoms with Crippen molar-refractivity contribution >= 4 is 46.7 Å². The van der Waals surface area contributed by atoms with Crippen LogP contribution in [-0.2, 0) is 20.9 Å². The number of amides is 3. The molecule has 44 heavy (non-hydrogen) atoms. The van der Waals surface area contributed by atoms with E-state index < -0.39 is 23.9 Å². The van der Waals surface area contributed by atoms with E-state index in [1.165, 1.54) is 18.9 Å². The Kier molecular flexibility index (Phi) is 11.2. The molecule has 11 nitrogen and oxygen atoms in total. The summed E-state index contributed by atoms with van der Waals surface area (Å²) in [6, 6.07) is 17.5. The van der Waals surface area contributed by atoms with E-state index in [9.17, 15) is 14.4 Å². The number of esters is 1. The van der Waals surface area contributed by atoms with Crippen molar-refractivity contribution in [2.24, 2.45) is 5.10 Å². The van der Waals surface area contributed by atoms with Gasteiger partial charge >= 0.3 is 12.0 Å². The van der Waals surface area contributed by atoms with Crippen LogP contribution in [0.5, 0.6) is 17.2 Å². The van der Waals surface area contributed by atoms with Crippen LogP contribution >= 0.6 is 22.6 Å². The minimum Gasteiger partial charge on any atom is -0.493 e. The third kappa shape index (κ3) is 8.49. The molecule has 0 fully saturated rings. The Balaban J connectivity index is 1.33. The molecule has 4 rings (SSSR count). The van der Waals surface area contributed by atoms with Gasteiger partial charge in [0.25, 0.3) is 5.91 Å². The Morgan fingerprint density at radius 2 is 1.75 bits per heavy atom. The summed E-state index contributed by atoms with van der Waals surface area (Å²) < 4.78 is 23.1. The molecule has 0 saturated heterocycles. The van der Waals surface area contributed by atoms with Crippen molar-refractivity contribution in [3.63, 3.8) is 0 Å². The van der Waals surface area contributed by atoms with Crippen molar-refractivity contribution < 1.29 is 33.3 Å². The number of benzene rings is 3. The van der Waals surface area contributed by atoms with Crippen molar-refractivity contribution in [1.29, 1.82) is 0 Å². The maximum atomic E-state index is 12.6. The van der Waals surface area contributed by atoms with Crippen molar-refractivity contribution in [3.8, 4) is 17.2 Å². The minimum absolute atomic E-state index is 0.189. The van der Waals surface area contributed by atoms with Crippen LogP contribution in [0.3, 0.4) is 0 Å². The maximum absolute atomic E-state index is 12.6. The van der Waals surface area contributed by atoms with Gasteiger partial charge in [-0.2, -0.15) is 5.10 Å². The molecule has 3 aromatic carbocycles. The lowest BCUT2D eigenvalue weighted by Crippen LogP contribution is -2.45. The Morgan fingerprint density at radius 3 is 2.45 bits per heavy atom. The molecule has 0 spiro atoms. The van der Waals surface area contributed by atoms with Gasteiger partial charge in [0, 0.05) is 5.70 Å². The first-order chi connectivity index (χ1) is 21.2. The number of halogens is 1. The standard InChI is InChI=1S/C32H33IN4O7/c1-5-42-31(39)29-20(3)35-32(40)36-30(29)23-11-13-26(27(15-23)41-4)44-18-28(38)37-34-16-22-10-12-25(24(33)14-22)43-17-21-8-6-19(2)7-9-21/h6-16,30H,5,17-18H2,1-4H3,(H,37,38)(H2,35,36,40)/b34-16-/t30-/m1/s1. The maximum Gasteiger partial charge on any atom is 0.338 e. The first-order valence-corrected chi connectivity index (χ1v) is 14.8. The van der Waals surface area contributed by atoms with Gasteiger partial charge in [-0.1, -0.05) is 35.9 Å². The fourth-order valence-corrected chi connectivity index (χ4v) is 5.02. The van der Waals surface area contributed by atoms with E-state index in [-0.39, 0.29) is 18.8 Å². The molecular formula is C32H33IN4O7. The predicted molar refractivity (Wildman–Crippen MR) is 173 cm³/mol. The van der Waals surface area contributed by atoms with Gasteiger partial charge < -0.3 is 29.6 Å². The third-order valence-corrected chi connectivity index (χ3v) is 7.36. The number of hydrogen-bond acceptors (Lipinski definition) is 8. The minimum atomic E-state index is -0.764. The number of allylic oxidation sites excluding steroid dienone is 1. The molecule has 0 aromatic heterocycles. The number of methoxy groups -OCH3 is 1. The van der Waals surface area contributed by atoms with Crippen molar-refractivity contribution in [1.82, 2.24) is 16.1 Å². The van der Waals surface area contributed by atoms with Crippen LogP contribution in [0.1, 0.15) is 42.1 Å². The van der Waals surface area contributed by atoms with Gasteiger partial charge in [0.1, 0.15) is 12.4 Å². The number of aryl methyl sites for hydroxylation is 1. The van der Waals surface area contributed by atoms with E-state index in [4.69, 9.17) is 18.9 Å². The summed E-state index contributed by atoms with van der Waals surface area (Å²) in [7, 11) is 1.45. The number of carbonyl (C=O) groups is 3. The molecule has 0 radical (unpaired) electrons. The number of hydrazone groups is 1. The van der Waals surface area contributed by atoms with Crippen LogP contribution in [0.2, 0.25) is 0 Å². The first kappa shape index (κ1) is 32.3. The highest BCUT2D eigenvalue weighted by atomic mass is 127. The molecule has 3 amide bonds. The number of ether oxygens (including phenoxy) is 4. The van der Waals surface area contributed by atoms with Crippen LogP contribution in [0, 0.1) is 10.5 Å². The monoisotopic (exact) mass is 712 g/mol. The van der Waals surface area contributed by atoms with E-state index in [1.807, 2.05) is 37.3 Å². The summed E-state index contributed by atoms with van der Waals surface area (Å²) in [6.45, 7) is 5.71. The lowest BCUT2D eigenvalue weighted by molar-refractivity contribution is -0.139. The number of carbonyl (C=O) groups excluding carboxylic acids is 3. The summed E-state index contributed by atoms with van der Waals surface area (Å²) in [4.78, 5) is 37.2. The highest BCUT2D eigenvalue weighted by molar-refractivity contribution is 14.1. The summed E-state index contributed by atoms with van der Waals surface area (Å²) in [5, 5.41) is 9.36. The summed E-state index contributed by atoms with van der Waals surface area (Å²) in [5.41, 5.74) is 6.76. The second kappa shape index (κ2) is 15.2. The topological polar surface area (TPSA) is 137 Å². The van der Waals surface area contributed by atoms with E-state index in [1.54, 1.807) is 32.0 Å². The number of urea groups is 1. The molecule has 0 unspecified atom stereocenters. The second-order valence-electron chi connectivity index (χ2n) is 9.75. The summed E-state index contributed by atoms with van der Waals surface area (Å²) in [5.74, 6) is 0.341. The van der Waals surface area contributed by atoms with Crippen LogP contribution in [-0.4, -0.2) is 44.4 Å². The Morgan fingerprint density at radius 1 is 1.00 bits per heavy atom. The van der Waals surface area contributed by atoms with Crippen molar-refractivity contribution in [2.75, 3.05) is 20.3 Å². The van der Waals surface area contributed by atoms with Gasteiger partial charge in [-0.05, 0) is 90.4 Å². The second-order valence-corrected chi connectivity index (χ2v) is 10.9. The van der Waals surface area contributed by atoms with Crippen molar-refractivity contribution in [3.05, 3.63) is 97.8 Å². The van der Waals surface area contributed by atoms with Gasteiger partial charge in [0.2, 0.25) is 0 Å². The number of hydrogen-bond donors (Lipinski definition) is 3. The highest BCUT2D eigenvalue weighted by Crippen LogP contribution is 2.34. The summed E-state index contributed by atoms with van der Waals surface area (Å²) >= 11 is 2.20. The van der Waals surface area contributed by atoms with E-state index in [2.05, 4.69) is 55.9 Å². The highest BCUT2D eigenvalue weighted by Gasteiger charge is 2.32. The third-order valence-electron chi connectivity index (χ3n) is 6.52. The lowest BCUT2D eigenvalue weighted by atomic mass is 9.95. The summed E-state index contributed by atoms with van der Waals surface area (Å²) in [6.07, 6.45) is 1.53. The normalized spacial score (nSPS) is 14.5. The number of nitrogens with one attached hydrogen (secondary N) is 3. The Hall–Kier alpha value is -4.59. The van der Waals surface area contributed by atoms with Crippen LogP contribution in [0.15, 0.2) is 77.0 Å². The van der Waals surface area contributed by atoms with Gasteiger partial charge in [-0.3, -0.25) is 4.79 Å². The molecule has 3 aromatic rings. The Bertz CT molecular complexity index is 1590. The van der Waals surface area contributed by atoms with Crippen LogP contribution in [0.25, 0.3) is 0 Å². The van der Waals surface area contributed by atoms with Crippen LogP contribution < -0.4 is 30.3 Å². The number of rotatable bonds is 12. The number of nitrogens with zero attached hydrogens (tertiary/aromatic N) is 1. The molecule has 0 aliphatic carbocycles. The SMILES string of the molecule is CCOC(=O)C1=C(C)NC(=O)N[C@@H]1c1ccc(OCC(=O)N/N=C\c2ccc(OCc3ccc(C)cc3)c(I)c2)c(OC)c1. The zero-order chi connectivity index (χ0) is 31.6. The fourth-order valence-electron chi connectivity index (χ4n) is 4.32. The first-order valence-electron chi connectivity index (χ1n) is 13.7. The van der Waals surface area contributed by atoms with E-state index in [0.29, 0.717) is 29.4 Å². The average molecular weight is 713 g/mol. The zero-order valence-corrected chi connectivity index (χ0v) is 26.9. The molecule has 3 N–H and O–H groups in total. The molecule has 1 atom stereocenters. The van der Waals surface area contributed by atoms with E-state index >= 15 is 0 Å². The smallest absolute Gasteiger partial charge is 0.338 e. The molecular weight excluding hydrogens is 679 g/mol. The molecule has 0 bridgehead atoms. The molecule has 12 heteroatoms. The average Bonchev–Trinajstić information content (AvgIpc) is 3.00. The molecule has 1 aliphatic rings. The van der Waals surface area contributed by atoms with Gasteiger partial charge in [-0.25, -0.2) is 15.0 Å². The predicted octanol–water partition coefficient (Wildman–Crippen LogP) is 4.91. The quantitative estimate of drug-likeness (QED) is 0.105. The Labute approximate surface area is 269 Å². The van der Waals surface area contributed by atoms with E-state index in [0.717, 1.165) is 20.4 Å². The largest absolute Gasteiger partial charge is 0.493 e. The molecule has 230 valence electrons. The molecule has 1 heterocycles.